The summed E-state index contributed by atoms with van der Waals surface area (Å²) in [6, 6.07) is 40.0. The summed E-state index contributed by atoms with van der Waals surface area (Å²) in [5, 5.41) is 5.09. The molecule has 0 fully saturated rings. The van der Waals surface area contributed by atoms with Gasteiger partial charge in [0.15, 0.2) is 6.20 Å². The minimum Gasteiger partial charge on any atom is -0.211 e. The molecule has 0 saturated carbocycles. The molecule has 35 heavy (non-hydrogen) atoms. The van der Waals surface area contributed by atoms with Gasteiger partial charge in [-0.2, -0.15) is 0 Å². The van der Waals surface area contributed by atoms with Crippen LogP contribution < -0.4 is 4.98 Å². The van der Waals surface area contributed by atoms with E-state index in [0.29, 0.717) is 0 Å². The minimum atomic E-state index is 0.0164. The van der Waals surface area contributed by atoms with E-state index in [2.05, 4.69) is 134 Å². The van der Waals surface area contributed by atoms with Crippen LogP contribution in [0.5, 0.6) is 0 Å². The Labute approximate surface area is 205 Å². The molecular formula is C34H26N+. The smallest absolute Gasteiger partial charge is 0.211 e. The average Bonchev–Trinajstić information content (AvgIpc) is 3.15. The fourth-order valence-corrected chi connectivity index (χ4v) is 5.93. The summed E-state index contributed by atoms with van der Waals surface area (Å²) in [5.41, 5.74) is 10.4. The molecule has 0 unspecified atom stereocenters. The molecule has 0 radical (unpaired) electrons. The normalized spacial score (nSPS) is 13.7. The van der Waals surface area contributed by atoms with Crippen LogP contribution in [0.15, 0.2) is 115 Å². The predicted molar refractivity (Wildman–Crippen MR) is 146 cm³/mol. The van der Waals surface area contributed by atoms with E-state index in [1.54, 1.807) is 0 Å². The molecule has 1 heterocycles. The average molecular weight is 449 g/mol. The van der Waals surface area contributed by atoms with Gasteiger partial charge in [-0.3, -0.25) is 0 Å². The molecule has 1 nitrogen and oxygen atoms in total. The van der Waals surface area contributed by atoms with Crippen LogP contribution in [-0.2, 0) is 5.41 Å². The van der Waals surface area contributed by atoms with Crippen LogP contribution in [0.4, 0.5) is 0 Å². The Hall–Kier alpha value is -4.23. The molecule has 6 aromatic rings. The van der Waals surface area contributed by atoms with E-state index >= 15 is 0 Å². The van der Waals surface area contributed by atoms with Crippen LogP contribution in [0.25, 0.3) is 55.1 Å². The first-order chi connectivity index (χ1) is 17.1. The lowest BCUT2D eigenvalue weighted by molar-refractivity contribution is -0.362. The lowest BCUT2D eigenvalue weighted by Gasteiger charge is -2.22. The van der Waals surface area contributed by atoms with Crippen molar-refractivity contribution < 1.29 is 4.98 Å². The van der Waals surface area contributed by atoms with Gasteiger partial charge in [-0.25, -0.2) is 4.98 Å². The number of aromatic amines is 1. The lowest BCUT2D eigenvalue weighted by atomic mass is 9.81. The van der Waals surface area contributed by atoms with Gasteiger partial charge >= 0.3 is 0 Å². The molecular weight excluding hydrogens is 422 g/mol. The Kier molecular flexibility index (Phi) is 4.25. The molecule has 1 aromatic heterocycles. The summed E-state index contributed by atoms with van der Waals surface area (Å²) in [6.07, 6.45) is 2.05. The number of pyridine rings is 1. The number of hydrogen-bond donors (Lipinski definition) is 0. The maximum absolute atomic E-state index is 3.51. The van der Waals surface area contributed by atoms with E-state index in [1.807, 2.05) is 0 Å². The largest absolute Gasteiger partial charge is 0.218 e. The third-order valence-electron chi connectivity index (χ3n) is 7.81. The van der Waals surface area contributed by atoms with Crippen LogP contribution in [0, 0.1) is 0 Å². The van der Waals surface area contributed by atoms with Gasteiger partial charge < -0.3 is 0 Å². The molecule has 0 bridgehead atoms. The first-order valence-electron chi connectivity index (χ1n) is 12.3. The Bertz CT molecular complexity index is 1760. The summed E-state index contributed by atoms with van der Waals surface area (Å²) in [7, 11) is 0. The maximum atomic E-state index is 3.51. The number of rotatable bonds is 2. The van der Waals surface area contributed by atoms with E-state index < -0.39 is 0 Å². The zero-order chi connectivity index (χ0) is 23.6. The van der Waals surface area contributed by atoms with Gasteiger partial charge in [-0.15, -0.1) is 0 Å². The molecule has 0 atom stereocenters. The van der Waals surface area contributed by atoms with Gasteiger partial charge in [0.1, 0.15) is 0 Å². The second-order valence-corrected chi connectivity index (χ2v) is 10.1. The van der Waals surface area contributed by atoms with Crippen LogP contribution in [0.2, 0.25) is 0 Å². The van der Waals surface area contributed by atoms with Crippen LogP contribution in [0.3, 0.4) is 0 Å². The number of fused-ring (bicyclic) bond motifs is 6. The number of nitrogens with one attached hydrogen (secondary N) is 1. The zero-order valence-electron chi connectivity index (χ0n) is 20.0. The van der Waals surface area contributed by atoms with Crippen molar-refractivity contribution in [2.75, 3.05) is 0 Å². The van der Waals surface area contributed by atoms with Crippen molar-refractivity contribution in [1.29, 1.82) is 0 Å². The summed E-state index contributed by atoms with van der Waals surface area (Å²) in [6.45, 7) is 4.68. The van der Waals surface area contributed by atoms with Crippen LogP contribution in [0.1, 0.15) is 25.0 Å². The lowest BCUT2D eigenvalue weighted by Crippen LogP contribution is -2.14. The Morgan fingerprint density at radius 2 is 1.23 bits per heavy atom. The molecule has 0 aliphatic heterocycles. The van der Waals surface area contributed by atoms with Crippen LogP contribution >= 0.6 is 0 Å². The number of H-pyrrole nitrogens is 1. The van der Waals surface area contributed by atoms with Crippen molar-refractivity contribution in [2.45, 2.75) is 19.3 Å². The minimum absolute atomic E-state index is 0.0164. The van der Waals surface area contributed by atoms with Gasteiger partial charge in [-0.05, 0) is 68.4 Å². The standard InChI is InChI=1S/C34H25N/c1-34(2)31-10-6-5-9-28(31)29-17-16-25(21-32(29)34)22-11-13-24(14-12-22)33-30-18-15-23-7-3-4-8-26(23)27(30)19-20-35-33/h3-21H,1-2H3/p+1. The molecule has 1 aliphatic rings. The monoisotopic (exact) mass is 448 g/mol. The highest BCUT2D eigenvalue weighted by Gasteiger charge is 2.35. The zero-order valence-corrected chi connectivity index (χ0v) is 20.0. The van der Waals surface area contributed by atoms with Gasteiger partial charge in [0.05, 0.1) is 5.39 Å². The van der Waals surface area contributed by atoms with Gasteiger partial charge in [0, 0.05) is 22.4 Å². The van der Waals surface area contributed by atoms with Gasteiger partial charge in [-0.1, -0.05) is 92.7 Å². The Morgan fingerprint density at radius 3 is 2.11 bits per heavy atom. The molecule has 1 heteroatoms. The Balaban J connectivity index is 1.30. The topological polar surface area (TPSA) is 14.1 Å². The second-order valence-electron chi connectivity index (χ2n) is 10.1. The maximum Gasteiger partial charge on any atom is 0.218 e. The third-order valence-corrected chi connectivity index (χ3v) is 7.81. The molecule has 0 saturated heterocycles. The number of hydrogen-bond acceptors (Lipinski definition) is 0. The molecule has 0 amide bonds. The van der Waals surface area contributed by atoms with Crippen molar-refractivity contribution in [3.63, 3.8) is 0 Å². The molecule has 7 rings (SSSR count). The molecule has 1 N–H and O–H groups in total. The molecule has 1 aliphatic carbocycles. The fraction of sp³-hybridized carbons (Fsp3) is 0.0882. The second kappa shape index (κ2) is 7.38. The van der Waals surface area contributed by atoms with Crippen molar-refractivity contribution in [3.8, 4) is 33.5 Å². The highest BCUT2D eigenvalue weighted by molar-refractivity contribution is 6.10. The van der Waals surface area contributed by atoms with Crippen molar-refractivity contribution in [2.24, 2.45) is 0 Å². The van der Waals surface area contributed by atoms with Crippen molar-refractivity contribution >= 4 is 21.5 Å². The predicted octanol–water partition coefficient (Wildman–Crippen LogP) is 8.45. The quantitative estimate of drug-likeness (QED) is 0.236. The van der Waals surface area contributed by atoms with E-state index in [1.165, 1.54) is 60.5 Å². The molecule has 166 valence electrons. The highest BCUT2D eigenvalue weighted by atomic mass is 14.7. The summed E-state index contributed by atoms with van der Waals surface area (Å²) in [4.78, 5) is 3.51. The number of aromatic nitrogens is 1. The summed E-state index contributed by atoms with van der Waals surface area (Å²) >= 11 is 0. The Morgan fingerprint density at radius 1 is 0.514 bits per heavy atom. The van der Waals surface area contributed by atoms with E-state index in [-0.39, 0.29) is 5.41 Å². The first-order valence-corrected chi connectivity index (χ1v) is 12.3. The van der Waals surface area contributed by atoms with E-state index in [9.17, 15) is 0 Å². The highest BCUT2D eigenvalue weighted by Crippen LogP contribution is 2.49. The number of benzene rings is 5. The molecule has 5 aromatic carbocycles. The van der Waals surface area contributed by atoms with E-state index in [4.69, 9.17) is 0 Å². The SMILES string of the molecule is CC1(C)c2ccccc2-c2ccc(-c3ccc(-c4[nH+]ccc5c4ccc4ccccc45)cc3)cc21. The van der Waals surface area contributed by atoms with Crippen LogP contribution in [-0.4, -0.2) is 0 Å². The molecule has 0 spiro atoms. The first kappa shape index (κ1) is 20.2. The summed E-state index contributed by atoms with van der Waals surface area (Å²) in [5.74, 6) is 0. The van der Waals surface area contributed by atoms with Crippen molar-refractivity contribution in [1.82, 2.24) is 0 Å². The van der Waals surface area contributed by atoms with Crippen molar-refractivity contribution in [3.05, 3.63) is 127 Å². The summed E-state index contributed by atoms with van der Waals surface area (Å²) < 4.78 is 0. The van der Waals surface area contributed by atoms with E-state index in [0.717, 1.165) is 5.69 Å². The van der Waals surface area contributed by atoms with Gasteiger partial charge in [0.25, 0.3) is 0 Å². The fourth-order valence-electron chi connectivity index (χ4n) is 5.93. The third kappa shape index (κ3) is 2.98. The van der Waals surface area contributed by atoms with Gasteiger partial charge in [0.2, 0.25) is 5.69 Å².